The van der Waals surface area contributed by atoms with E-state index in [1.165, 1.54) is 5.57 Å². The number of Topliss-reactive ketones (excluding diaryl/α,β-unsaturated/α-hetero) is 3. The molecule has 0 spiro atoms. The van der Waals surface area contributed by atoms with Gasteiger partial charge in [-0.1, -0.05) is 67.6 Å². The highest BCUT2D eigenvalue weighted by Crippen LogP contribution is 2.37. The van der Waals surface area contributed by atoms with Crippen LogP contribution in [0.15, 0.2) is 66.8 Å². The van der Waals surface area contributed by atoms with E-state index in [9.17, 15) is 14.4 Å². The molecule has 0 aromatic heterocycles. The highest BCUT2D eigenvalue weighted by molar-refractivity contribution is 6.00. The molecule has 1 saturated carbocycles. The number of carbonyl (C=O) groups is 3. The van der Waals surface area contributed by atoms with Gasteiger partial charge in [0.25, 0.3) is 0 Å². The molecule has 160 valence electrons. The van der Waals surface area contributed by atoms with Crippen LogP contribution in [0, 0.1) is 17.8 Å². The van der Waals surface area contributed by atoms with Gasteiger partial charge in [-0.25, -0.2) is 0 Å². The minimum Gasteiger partial charge on any atom is -0.300 e. The number of ketones is 3. The van der Waals surface area contributed by atoms with Gasteiger partial charge >= 0.3 is 0 Å². The second-order valence-corrected chi connectivity index (χ2v) is 8.24. The first-order chi connectivity index (χ1) is 14.1. The molecular formula is C27H34O3. The molecule has 1 aromatic rings. The van der Waals surface area contributed by atoms with Gasteiger partial charge in [-0.15, -0.1) is 6.58 Å². The molecule has 2 aliphatic rings. The lowest BCUT2D eigenvalue weighted by Gasteiger charge is -2.34. The van der Waals surface area contributed by atoms with E-state index in [4.69, 9.17) is 0 Å². The lowest BCUT2D eigenvalue weighted by Crippen LogP contribution is -2.43. The molecule has 0 bridgehead atoms. The van der Waals surface area contributed by atoms with Crippen LogP contribution in [0.2, 0.25) is 0 Å². The van der Waals surface area contributed by atoms with E-state index in [0.717, 1.165) is 18.4 Å². The van der Waals surface area contributed by atoms with Crippen molar-refractivity contribution in [3.05, 3.63) is 72.4 Å². The zero-order valence-corrected chi connectivity index (χ0v) is 17.0. The first kappa shape index (κ1) is 23.7. The number of allylic oxidation sites excluding steroid dienone is 5. The van der Waals surface area contributed by atoms with Gasteiger partial charge < -0.3 is 0 Å². The van der Waals surface area contributed by atoms with Gasteiger partial charge in [0, 0.05) is 37.0 Å². The van der Waals surface area contributed by atoms with Crippen LogP contribution in [-0.2, 0) is 20.8 Å². The summed E-state index contributed by atoms with van der Waals surface area (Å²) in [7, 11) is 0. The van der Waals surface area contributed by atoms with Crippen LogP contribution < -0.4 is 0 Å². The van der Waals surface area contributed by atoms with Gasteiger partial charge in [-0.2, -0.15) is 0 Å². The second kappa shape index (κ2) is 11.6. The van der Waals surface area contributed by atoms with Crippen molar-refractivity contribution >= 4 is 17.3 Å². The molecular weight excluding hydrogens is 372 g/mol. The Morgan fingerprint density at radius 1 is 1.13 bits per heavy atom. The van der Waals surface area contributed by atoms with Crippen LogP contribution in [0.3, 0.4) is 0 Å². The van der Waals surface area contributed by atoms with Crippen molar-refractivity contribution in [2.75, 3.05) is 0 Å². The quantitative estimate of drug-likeness (QED) is 0.458. The maximum Gasteiger partial charge on any atom is 0.140 e. The van der Waals surface area contributed by atoms with Gasteiger partial charge in [0.15, 0.2) is 0 Å². The van der Waals surface area contributed by atoms with Gasteiger partial charge in [-0.05, 0) is 37.7 Å². The van der Waals surface area contributed by atoms with E-state index in [-0.39, 0.29) is 43.0 Å². The Hall–Kier alpha value is -2.55. The van der Waals surface area contributed by atoms with Crippen LogP contribution in [0.4, 0.5) is 0 Å². The van der Waals surface area contributed by atoms with Crippen molar-refractivity contribution in [3.63, 3.8) is 0 Å². The molecule has 1 aromatic carbocycles. The Bertz CT molecular complexity index is 816. The van der Waals surface area contributed by atoms with Crippen molar-refractivity contribution < 1.29 is 14.4 Å². The monoisotopic (exact) mass is 406 g/mol. The van der Waals surface area contributed by atoms with Crippen molar-refractivity contribution in [2.45, 2.75) is 58.8 Å². The third-order valence-corrected chi connectivity index (χ3v) is 6.14. The lowest BCUT2D eigenvalue weighted by atomic mass is 9.67. The standard InChI is InChI=1S/C26H30O3.CH4/c1-2-3-13-22(27)18-24-23(15-14-19-9-7-8-10-19)25(28)17-21(26(24)29)16-20-11-5-4-6-12-20;/h2,4-9,11-12,21,23-24H,1,3,10,13-18H2;1H4. The Morgan fingerprint density at radius 2 is 1.90 bits per heavy atom. The fraction of sp³-hybridized carbons (Fsp3) is 0.444. The normalized spacial score (nSPS) is 23.1. The summed E-state index contributed by atoms with van der Waals surface area (Å²) in [5.41, 5.74) is 2.37. The molecule has 0 aliphatic heterocycles. The summed E-state index contributed by atoms with van der Waals surface area (Å²) in [6.45, 7) is 3.67. The third-order valence-electron chi connectivity index (χ3n) is 6.14. The van der Waals surface area contributed by atoms with Crippen LogP contribution >= 0.6 is 0 Å². The Kier molecular flexibility index (Phi) is 9.16. The fourth-order valence-electron chi connectivity index (χ4n) is 4.52. The highest BCUT2D eigenvalue weighted by atomic mass is 16.1. The van der Waals surface area contributed by atoms with E-state index >= 15 is 0 Å². The maximum atomic E-state index is 13.3. The molecule has 0 radical (unpaired) electrons. The molecule has 0 amide bonds. The predicted molar refractivity (Wildman–Crippen MR) is 122 cm³/mol. The van der Waals surface area contributed by atoms with Crippen molar-refractivity contribution in [1.29, 1.82) is 0 Å². The summed E-state index contributed by atoms with van der Waals surface area (Å²) < 4.78 is 0. The molecule has 3 nitrogen and oxygen atoms in total. The zero-order chi connectivity index (χ0) is 20.6. The maximum absolute atomic E-state index is 13.3. The largest absolute Gasteiger partial charge is 0.300 e. The topological polar surface area (TPSA) is 51.2 Å². The zero-order valence-electron chi connectivity index (χ0n) is 17.0. The summed E-state index contributed by atoms with van der Waals surface area (Å²) in [6.07, 6.45) is 12.4. The number of benzene rings is 1. The number of carbonyl (C=O) groups excluding carboxylic acids is 3. The molecule has 3 unspecified atom stereocenters. The molecule has 1 fully saturated rings. The van der Waals surface area contributed by atoms with Gasteiger partial charge in [0.2, 0.25) is 0 Å². The predicted octanol–water partition coefficient (Wildman–Crippen LogP) is 5.85. The van der Waals surface area contributed by atoms with Crippen molar-refractivity contribution in [1.82, 2.24) is 0 Å². The highest BCUT2D eigenvalue weighted by Gasteiger charge is 2.43. The molecule has 2 aliphatic carbocycles. The first-order valence-electron chi connectivity index (χ1n) is 10.7. The van der Waals surface area contributed by atoms with E-state index in [0.29, 0.717) is 32.1 Å². The Labute approximate surface area is 181 Å². The number of hydrogen-bond acceptors (Lipinski definition) is 3. The van der Waals surface area contributed by atoms with Crippen LogP contribution in [0.25, 0.3) is 0 Å². The number of rotatable bonds is 10. The summed E-state index contributed by atoms with van der Waals surface area (Å²) in [5, 5.41) is 0. The van der Waals surface area contributed by atoms with Crippen molar-refractivity contribution in [2.24, 2.45) is 17.8 Å². The van der Waals surface area contributed by atoms with E-state index in [1.807, 2.05) is 36.4 Å². The Balaban J connectivity index is 0.00000320. The first-order valence-corrected chi connectivity index (χ1v) is 10.7. The smallest absolute Gasteiger partial charge is 0.140 e. The number of hydrogen-bond donors (Lipinski definition) is 0. The fourth-order valence-corrected chi connectivity index (χ4v) is 4.52. The minimum absolute atomic E-state index is 0. The summed E-state index contributed by atoms with van der Waals surface area (Å²) in [5.74, 6) is -0.808. The minimum atomic E-state index is -0.475. The summed E-state index contributed by atoms with van der Waals surface area (Å²) in [4.78, 5) is 38.8. The molecule has 30 heavy (non-hydrogen) atoms. The average Bonchev–Trinajstić information content (AvgIpc) is 3.24. The second-order valence-electron chi connectivity index (χ2n) is 8.24. The van der Waals surface area contributed by atoms with E-state index < -0.39 is 5.92 Å². The van der Waals surface area contributed by atoms with Crippen LogP contribution in [0.1, 0.15) is 57.9 Å². The summed E-state index contributed by atoms with van der Waals surface area (Å²) in [6, 6.07) is 9.84. The molecule has 3 atom stereocenters. The molecule has 0 saturated heterocycles. The van der Waals surface area contributed by atoms with Crippen LogP contribution in [-0.4, -0.2) is 17.3 Å². The average molecular weight is 407 g/mol. The molecule has 3 heteroatoms. The SMILES string of the molecule is C.C=CCCC(=O)CC1C(=O)C(Cc2ccccc2)CC(=O)C1CCC1=CC=CC1. The van der Waals surface area contributed by atoms with Gasteiger partial charge in [0.05, 0.1) is 0 Å². The van der Waals surface area contributed by atoms with E-state index in [2.05, 4.69) is 18.7 Å². The van der Waals surface area contributed by atoms with Crippen LogP contribution in [0.5, 0.6) is 0 Å². The molecule has 0 N–H and O–H groups in total. The third kappa shape index (κ3) is 6.22. The molecule has 0 heterocycles. The Morgan fingerprint density at radius 3 is 2.57 bits per heavy atom. The summed E-state index contributed by atoms with van der Waals surface area (Å²) >= 11 is 0. The van der Waals surface area contributed by atoms with Gasteiger partial charge in [-0.3, -0.25) is 14.4 Å². The lowest BCUT2D eigenvalue weighted by molar-refractivity contribution is -0.144. The molecule has 3 rings (SSSR count). The van der Waals surface area contributed by atoms with Crippen molar-refractivity contribution in [3.8, 4) is 0 Å². The van der Waals surface area contributed by atoms with Gasteiger partial charge in [0.1, 0.15) is 17.3 Å². The van der Waals surface area contributed by atoms with E-state index in [1.54, 1.807) is 6.08 Å².